The van der Waals surface area contributed by atoms with Crippen molar-refractivity contribution in [2.75, 3.05) is 0 Å². The molecule has 4 heteroatoms. The number of rotatable bonds is 0. The van der Waals surface area contributed by atoms with Crippen molar-refractivity contribution < 1.29 is 46.5 Å². The van der Waals surface area contributed by atoms with Gasteiger partial charge in [-0.2, -0.15) is 11.1 Å². The molecule has 0 nitrogen and oxygen atoms in total. The van der Waals surface area contributed by atoms with Crippen LogP contribution in [0.4, 0.5) is 0 Å². The van der Waals surface area contributed by atoms with Gasteiger partial charge in [0.1, 0.15) is 0 Å². The average molecular weight is 302 g/mol. The second-order valence-corrected chi connectivity index (χ2v) is 2.80. The summed E-state index contributed by atoms with van der Waals surface area (Å²) in [5.41, 5.74) is 4.25. The van der Waals surface area contributed by atoms with E-state index in [1.54, 1.807) is 0 Å². The molecule has 0 heterocycles. The zero-order chi connectivity index (χ0) is 7.02. The fourth-order valence-electron chi connectivity index (χ4n) is 1.16. The Morgan fingerprint density at radius 2 is 1.33 bits per heavy atom. The van der Waals surface area contributed by atoms with Crippen LogP contribution in [0.2, 0.25) is 0 Å². The van der Waals surface area contributed by atoms with E-state index < -0.39 is 0 Å². The molecule has 1 unspecified atom stereocenters. The first-order valence-electron chi connectivity index (χ1n) is 3.40. The summed E-state index contributed by atoms with van der Waals surface area (Å²) in [5.74, 6) is 0.560. The summed E-state index contributed by atoms with van der Waals surface area (Å²) < 4.78 is 0. The van der Waals surface area contributed by atoms with Crippen LogP contribution in [-0.2, 0) is 21.7 Å². The molecule has 1 rings (SSSR count). The van der Waals surface area contributed by atoms with E-state index in [-0.39, 0.29) is 72.4 Å². The summed E-state index contributed by atoms with van der Waals surface area (Å²) >= 11 is 0. The van der Waals surface area contributed by atoms with E-state index in [1.165, 1.54) is 16.7 Å². The van der Waals surface area contributed by atoms with Crippen LogP contribution in [0.15, 0.2) is 16.7 Å². The predicted octanol–water partition coefficient (Wildman–Crippen LogP) is -3.82. The molecule has 0 amide bonds. The summed E-state index contributed by atoms with van der Waals surface area (Å²) in [7, 11) is 0. The van der Waals surface area contributed by atoms with Crippen molar-refractivity contribution in [2.45, 2.75) is 27.7 Å². The Labute approximate surface area is 128 Å². The molecule has 0 aromatic heterocycles. The van der Waals surface area contributed by atoms with Crippen molar-refractivity contribution in [1.29, 1.82) is 0 Å². The molecule has 0 radical (unpaired) electrons. The molecule has 0 saturated carbocycles. The van der Waals surface area contributed by atoms with Gasteiger partial charge in [-0.05, 0) is 11.0 Å². The summed E-state index contributed by atoms with van der Waals surface area (Å²) in [4.78, 5) is 0. The van der Waals surface area contributed by atoms with Gasteiger partial charge in [0, 0.05) is 0 Å². The van der Waals surface area contributed by atoms with Crippen LogP contribution < -0.4 is 24.8 Å². The Kier molecular flexibility index (Phi) is 36.0. The first-order chi connectivity index (χ1) is 4.13. The van der Waals surface area contributed by atoms with Crippen molar-refractivity contribution >= 4 is 11.0 Å². The van der Waals surface area contributed by atoms with E-state index in [0.717, 1.165) is 0 Å². The van der Waals surface area contributed by atoms with Gasteiger partial charge in [-0.15, -0.1) is 6.92 Å². The van der Waals surface area contributed by atoms with Crippen molar-refractivity contribution in [3.05, 3.63) is 37.6 Å². The van der Waals surface area contributed by atoms with Crippen LogP contribution in [0.25, 0.3) is 0 Å². The summed E-state index contributed by atoms with van der Waals surface area (Å²) in [5, 5.41) is 0. The van der Waals surface area contributed by atoms with Gasteiger partial charge in [0.25, 0.3) is 0 Å². The van der Waals surface area contributed by atoms with E-state index in [9.17, 15) is 0 Å². The van der Waals surface area contributed by atoms with Gasteiger partial charge in [-0.1, -0.05) is 26.7 Å². The van der Waals surface area contributed by atoms with Crippen LogP contribution in [-0.4, -0.2) is 11.0 Å². The molecule has 0 bridgehead atoms. The fraction of sp³-hybridized carbons (Fsp3) is 0.455. The Morgan fingerprint density at radius 3 is 1.40 bits per heavy atom. The third-order valence-corrected chi connectivity index (χ3v) is 2.24. The molecule has 0 N–H and O–H groups in total. The molecule has 0 saturated heterocycles. The molecule has 1 atom stereocenters. The molecule has 0 fully saturated rings. The Bertz CT molecular complexity index is 201. The Morgan fingerprint density at radius 1 is 1.00 bits per heavy atom. The molecule has 0 aliphatic heterocycles. The zero-order valence-electron chi connectivity index (χ0n) is 9.83. The summed E-state index contributed by atoms with van der Waals surface area (Å²) in [6.45, 7) is 8.67. The molecular formula is C11H23Cl2SiTi-3. The number of hydrogen-bond donors (Lipinski definition) is 0. The van der Waals surface area contributed by atoms with Gasteiger partial charge in [0.05, 0.1) is 0 Å². The normalized spacial score (nSPS) is 16.3. The van der Waals surface area contributed by atoms with Crippen LogP contribution >= 0.6 is 0 Å². The molecule has 92 valence electrons. The Balaban J connectivity index is -0.0000000337. The second kappa shape index (κ2) is 15.0. The van der Waals surface area contributed by atoms with E-state index in [1.807, 2.05) is 0 Å². The molecule has 15 heavy (non-hydrogen) atoms. The molecule has 0 aromatic carbocycles. The van der Waals surface area contributed by atoms with Crippen LogP contribution in [0.5, 0.6) is 0 Å². The standard InChI is InChI=1S/C9H13.2CH3.2ClH.H4Si.Ti/c1-6-5-7(2)9(4)8(6)3;;;;;;/h6H,1-4H3;2*1H3;2*1H;1H4;/q3*-1;;;;+2/p-2. The van der Waals surface area contributed by atoms with Crippen molar-refractivity contribution in [3.63, 3.8) is 0 Å². The van der Waals surface area contributed by atoms with Gasteiger partial charge < -0.3 is 39.7 Å². The van der Waals surface area contributed by atoms with E-state index in [2.05, 4.69) is 33.8 Å². The van der Waals surface area contributed by atoms with Gasteiger partial charge in [0.2, 0.25) is 0 Å². The molecule has 0 spiro atoms. The molecular weight excluding hydrogens is 279 g/mol. The largest absolute Gasteiger partial charge is 2.00 e. The summed E-state index contributed by atoms with van der Waals surface area (Å²) in [6, 6.07) is 0. The third kappa shape index (κ3) is 8.76. The first-order valence-corrected chi connectivity index (χ1v) is 3.40. The number of hydrogen-bond acceptors (Lipinski definition) is 0. The minimum absolute atomic E-state index is 0. The number of allylic oxidation sites excluding steroid dienone is 4. The maximum absolute atomic E-state index is 3.36. The molecule has 0 aromatic rings. The van der Waals surface area contributed by atoms with Gasteiger partial charge in [0.15, 0.2) is 0 Å². The number of halogens is 2. The minimum Gasteiger partial charge on any atom is -1.00 e. The van der Waals surface area contributed by atoms with Crippen LogP contribution in [0, 0.1) is 26.8 Å². The van der Waals surface area contributed by atoms with Crippen LogP contribution in [0.3, 0.4) is 0 Å². The monoisotopic (exact) mass is 301 g/mol. The topological polar surface area (TPSA) is 0 Å². The van der Waals surface area contributed by atoms with Gasteiger partial charge in [-0.25, -0.2) is 5.57 Å². The van der Waals surface area contributed by atoms with Crippen molar-refractivity contribution in [1.82, 2.24) is 0 Å². The fourth-order valence-corrected chi connectivity index (χ4v) is 1.16. The van der Waals surface area contributed by atoms with Crippen LogP contribution in [0.1, 0.15) is 27.7 Å². The van der Waals surface area contributed by atoms with Gasteiger partial charge in [-0.3, -0.25) is 6.08 Å². The SMILES string of the molecule is CC1=[C-]C(C)C(C)=C1C.[CH3-].[CH3-].[Cl-].[Cl-].[SiH4].[Ti+2]. The maximum atomic E-state index is 3.36. The van der Waals surface area contributed by atoms with Crippen molar-refractivity contribution in [2.24, 2.45) is 5.92 Å². The van der Waals surface area contributed by atoms with E-state index >= 15 is 0 Å². The average Bonchev–Trinajstić information content (AvgIpc) is 1.98. The Hall–Kier alpha value is 0.991. The zero-order valence-corrected chi connectivity index (χ0v) is 12.9. The predicted molar refractivity (Wildman–Crippen MR) is 64.1 cm³/mol. The minimum atomic E-state index is 0. The van der Waals surface area contributed by atoms with E-state index in [4.69, 9.17) is 0 Å². The van der Waals surface area contributed by atoms with Crippen molar-refractivity contribution in [3.8, 4) is 0 Å². The van der Waals surface area contributed by atoms with Gasteiger partial charge >= 0.3 is 21.7 Å². The quantitative estimate of drug-likeness (QED) is 0.318. The van der Waals surface area contributed by atoms with E-state index in [0.29, 0.717) is 5.92 Å². The first kappa shape index (κ1) is 36.0. The second-order valence-electron chi connectivity index (χ2n) is 2.80. The summed E-state index contributed by atoms with van der Waals surface area (Å²) in [6.07, 6.45) is 3.36. The molecule has 1 aliphatic rings. The third-order valence-electron chi connectivity index (χ3n) is 2.24. The maximum Gasteiger partial charge on any atom is 2.00 e. The smallest absolute Gasteiger partial charge is 1.00 e. The molecule has 1 aliphatic carbocycles.